The van der Waals surface area contributed by atoms with E-state index in [0.29, 0.717) is 0 Å². The SMILES string of the molecule is Cc1cc(Cl)cc(Sc2ccc(C#N)cc2CN2CCCCC2)c1. The van der Waals surface area contributed by atoms with Crippen molar-refractivity contribution in [2.24, 2.45) is 0 Å². The molecule has 0 aliphatic carbocycles. The van der Waals surface area contributed by atoms with Crippen molar-refractivity contribution in [3.63, 3.8) is 0 Å². The Hall–Kier alpha value is -1.47. The van der Waals surface area contributed by atoms with Crippen molar-refractivity contribution in [3.05, 3.63) is 58.1 Å². The fourth-order valence-corrected chi connectivity index (χ4v) is 4.55. The van der Waals surface area contributed by atoms with Crippen LogP contribution >= 0.6 is 23.4 Å². The Balaban J connectivity index is 1.86. The molecule has 0 N–H and O–H groups in total. The third kappa shape index (κ3) is 4.54. The molecule has 0 unspecified atom stereocenters. The number of benzene rings is 2. The average Bonchev–Trinajstić information content (AvgIpc) is 2.56. The molecule has 3 rings (SSSR count). The van der Waals surface area contributed by atoms with Crippen LogP contribution in [0.15, 0.2) is 46.2 Å². The lowest BCUT2D eigenvalue weighted by atomic mass is 10.1. The number of nitrogens with zero attached hydrogens (tertiary/aromatic N) is 2. The highest BCUT2D eigenvalue weighted by molar-refractivity contribution is 7.99. The summed E-state index contributed by atoms with van der Waals surface area (Å²) in [7, 11) is 0. The molecule has 0 saturated carbocycles. The van der Waals surface area contributed by atoms with E-state index in [1.807, 2.05) is 24.3 Å². The first-order chi connectivity index (χ1) is 11.6. The monoisotopic (exact) mass is 356 g/mol. The zero-order valence-electron chi connectivity index (χ0n) is 13.9. The minimum atomic E-state index is 0.730. The number of rotatable bonds is 4. The van der Waals surface area contributed by atoms with Gasteiger partial charge in [0, 0.05) is 21.4 Å². The van der Waals surface area contributed by atoms with Crippen LogP contribution in [0.3, 0.4) is 0 Å². The Morgan fingerprint density at radius 3 is 2.62 bits per heavy atom. The molecule has 124 valence electrons. The molecule has 2 nitrogen and oxygen atoms in total. The highest BCUT2D eigenvalue weighted by Crippen LogP contribution is 2.34. The Bertz CT molecular complexity index is 740. The number of piperidine rings is 1. The van der Waals surface area contributed by atoms with Gasteiger partial charge in [-0.05, 0) is 80.4 Å². The van der Waals surface area contributed by atoms with Crippen LogP contribution in [-0.2, 0) is 6.54 Å². The molecule has 0 aromatic heterocycles. The summed E-state index contributed by atoms with van der Waals surface area (Å²) < 4.78 is 0. The molecule has 1 aliphatic rings. The zero-order valence-corrected chi connectivity index (χ0v) is 15.5. The van der Waals surface area contributed by atoms with E-state index in [1.165, 1.54) is 29.7 Å². The zero-order chi connectivity index (χ0) is 16.9. The second kappa shape index (κ2) is 8.07. The molecule has 0 radical (unpaired) electrons. The lowest BCUT2D eigenvalue weighted by Gasteiger charge is -2.27. The number of aryl methyl sites for hydroxylation is 1. The Morgan fingerprint density at radius 1 is 1.12 bits per heavy atom. The molecule has 1 aliphatic heterocycles. The highest BCUT2D eigenvalue weighted by Gasteiger charge is 2.14. The summed E-state index contributed by atoms with van der Waals surface area (Å²) in [4.78, 5) is 4.85. The number of nitriles is 1. The maximum Gasteiger partial charge on any atom is 0.0991 e. The molecule has 0 spiro atoms. The Labute approximate surface area is 153 Å². The van der Waals surface area contributed by atoms with Gasteiger partial charge in [0.25, 0.3) is 0 Å². The number of halogens is 1. The molecule has 24 heavy (non-hydrogen) atoms. The van der Waals surface area contributed by atoms with Crippen molar-refractivity contribution < 1.29 is 0 Å². The fourth-order valence-electron chi connectivity index (χ4n) is 3.12. The van der Waals surface area contributed by atoms with Crippen LogP contribution in [0.2, 0.25) is 5.02 Å². The van der Waals surface area contributed by atoms with E-state index in [-0.39, 0.29) is 0 Å². The van der Waals surface area contributed by atoms with Gasteiger partial charge in [-0.1, -0.05) is 29.8 Å². The van der Waals surface area contributed by atoms with Gasteiger partial charge in [-0.15, -0.1) is 0 Å². The summed E-state index contributed by atoms with van der Waals surface area (Å²) in [6.07, 6.45) is 3.87. The predicted molar refractivity (Wildman–Crippen MR) is 101 cm³/mol. The van der Waals surface area contributed by atoms with Gasteiger partial charge in [0.2, 0.25) is 0 Å². The van der Waals surface area contributed by atoms with E-state index in [0.717, 1.165) is 40.7 Å². The van der Waals surface area contributed by atoms with Gasteiger partial charge in [0.05, 0.1) is 11.6 Å². The maximum atomic E-state index is 9.23. The van der Waals surface area contributed by atoms with Crippen LogP contribution in [0.4, 0.5) is 0 Å². The third-order valence-corrected chi connectivity index (χ3v) is 5.58. The van der Waals surface area contributed by atoms with E-state index in [4.69, 9.17) is 11.6 Å². The van der Waals surface area contributed by atoms with Crippen molar-refractivity contribution >= 4 is 23.4 Å². The van der Waals surface area contributed by atoms with Crippen LogP contribution in [0.1, 0.15) is 36.0 Å². The lowest BCUT2D eigenvalue weighted by molar-refractivity contribution is 0.219. The molecular formula is C20H21ClN2S. The first kappa shape index (κ1) is 17.4. The minimum absolute atomic E-state index is 0.730. The van der Waals surface area contributed by atoms with Crippen molar-refractivity contribution in [1.29, 1.82) is 5.26 Å². The topological polar surface area (TPSA) is 27.0 Å². The van der Waals surface area contributed by atoms with E-state index < -0.39 is 0 Å². The minimum Gasteiger partial charge on any atom is -0.299 e. The van der Waals surface area contributed by atoms with Gasteiger partial charge in [-0.2, -0.15) is 5.26 Å². The predicted octanol–water partition coefficient (Wildman–Crippen LogP) is 5.66. The van der Waals surface area contributed by atoms with Gasteiger partial charge < -0.3 is 0 Å². The van der Waals surface area contributed by atoms with Crippen molar-refractivity contribution in [2.45, 2.75) is 42.5 Å². The number of hydrogen-bond acceptors (Lipinski definition) is 3. The number of hydrogen-bond donors (Lipinski definition) is 0. The molecule has 4 heteroatoms. The van der Waals surface area contributed by atoms with E-state index in [1.54, 1.807) is 11.8 Å². The quantitative estimate of drug-likeness (QED) is 0.707. The van der Waals surface area contributed by atoms with Crippen molar-refractivity contribution in [2.75, 3.05) is 13.1 Å². The summed E-state index contributed by atoms with van der Waals surface area (Å²) in [6.45, 7) is 5.27. The molecule has 1 saturated heterocycles. The molecule has 1 heterocycles. The second-order valence-corrected chi connectivity index (χ2v) is 7.89. The van der Waals surface area contributed by atoms with Crippen LogP contribution in [0.5, 0.6) is 0 Å². The molecule has 0 amide bonds. The smallest absolute Gasteiger partial charge is 0.0991 e. The van der Waals surface area contributed by atoms with Crippen molar-refractivity contribution in [3.8, 4) is 6.07 Å². The molecule has 1 fully saturated rings. The highest BCUT2D eigenvalue weighted by atomic mass is 35.5. The summed E-state index contributed by atoms with van der Waals surface area (Å²) in [5.74, 6) is 0. The Kier molecular flexibility index (Phi) is 5.84. The largest absolute Gasteiger partial charge is 0.299 e. The van der Waals surface area contributed by atoms with Crippen LogP contribution in [0, 0.1) is 18.3 Å². The fraction of sp³-hybridized carbons (Fsp3) is 0.350. The first-order valence-corrected chi connectivity index (χ1v) is 9.54. The van der Waals surface area contributed by atoms with Gasteiger partial charge in [-0.3, -0.25) is 4.90 Å². The average molecular weight is 357 g/mol. The summed E-state index contributed by atoms with van der Waals surface area (Å²) in [5.41, 5.74) is 3.13. The van der Waals surface area contributed by atoms with Gasteiger partial charge >= 0.3 is 0 Å². The van der Waals surface area contributed by atoms with Gasteiger partial charge in [0.1, 0.15) is 0 Å². The summed E-state index contributed by atoms with van der Waals surface area (Å²) in [5, 5.41) is 10.0. The standard InChI is InChI=1S/C20H21ClN2S/c1-15-9-18(21)12-19(10-15)24-20-6-5-16(13-22)11-17(20)14-23-7-3-2-4-8-23/h5-6,9-12H,2-4,7-8,14H2,1H3. The second-order valence-electron chi connectivity index (χ2n) is 6.34. The Morgan fingerprint density at radius 2 is 1.92 bits per heavy atom. The van der Waals surface area contributed by atoms with Crippen LogP contribution in [-0.4, -0.2) is 18.0 Å². The molecule has 2 aromatic rings. The maximum absolute atomic E-state index is 9.23. The molecular weight excluding hydrogens is 336 g/mol. The lowest BCUT2D eigenvalue weighted by Crippen LogP contribution is -2.29. The third-order valence-electron chi connectivity index (χ3n) is 4.28. The van der Waals surface area contributed by atoms with Gasteiger partial charge in [-0.25, -0.2) is 0 Å². The molecule has 0 bridgehead atoms. The summed E-state index contributed by atoms with van der Waals surface area (Å²) in [6, 6.07) is 14.4. The normalized spacial score (nSPS) is 15.2. The van der Waals surface area contributed by atoms with E-state index in [9.17, 15) is 5.26 Å². The van der Waals surface area contributed by atoms with E-state index >= 15 is 0 Å². The molecule has 2 aromatic carbocycles. The van der Waals surface area contributed by atoms with Crippen LogP contribution < -0.4 is 0 Å². The molecule has 0 atom stereocenters. The summed E-state index contributed by atoms with van der Waals surface area (Å²) >= 11 is 7.92. The van der Waals surface area contributed by atoms with Crippen LogP contribution in [0.25, 0.3) is 0 Å². The van der Waals surface area contributed by atoms with Gasteiger partial charge in [0.15, 0.2) is 0 Å². The number of likely N-dealkylation sites (tertiary alicyclic amines) is 1. The first-order valence-electron chi connectivity index (χ1n) is 8.34. The van der Waals surface area contributed by atoms with Crippen molar-refractivity contribution in [1.82, 2.24) is 4.90 Å². The van der Waals surface area contributed by atoms with E-state index in [2.05, 4.69) is 30.0 Å².